The minimum atomic E-state index is -4.71. The summed E-state index contributed by atoms with van der Waals surface area (Å²) in [5, 5.41) is 11.0. The Labute approximate surface area is 146 Å². The van der Waals surface area contributed by atoms with Gasteiger partial charge in [-0.1, -0.05) is 0 Å². The van der Waals surface area contributed by atoms with Crippen LogP contribution in [-0.2, 0) is 9.53 Å². The molecule has 0 aliphatic carbocycles. The van der Waals surface area contributed by atoms with E-state index in [4.69, 9.17) is 14.6 Å². The minimum Gasteiger partial charge on any atom is -0.483 e. The first-order chi connectivity index (χ1) is 12.3. The highest BCUT2D eigenvalue weighted by atomic mass is 19.4. The molecule has 1 fully saturated rings. The summed E-state index contributed by atoms with van der Waals surface area (Å²) < 4.78 is 47.7. The van der Waals surface area contributed by atoms with Crippen molar-refractivity contribution in [2.45, 2.75) is 12.5 Å². The zero-order chi connectivity index (χ0) is 19.2. The highest BCUT2D eigenvalue weighted by Gasteiger charge is 2.31. The van der Waals surface area contributed by atoms with E-state index in [-0.39, 0.29) is 18.3 Å². The van der Waals surface area contributed by atoms with Gasteiger partial charge in [0, 0.05) is 13.1 Å². The van der Waals surface area contributed by atoms with Gasteiger partial charge in [0.2, 0.25) is 0 Å². The molecule has 1 aliphatic rings. The lowest BCUT2D eigenvalue weighted by Crippen LogP contribution is -2.36. The zero-order valence-electron chi connectivity index (χ0n) is 13.8. The first-order valence-electron chi connectivity index (χ1n) is 7.48. The quantitative estimate of drug-likeness (QED) is 0.821. The van der Waals surface area contributed by atoms with Crippen LogP contribution in [0, 0.1) is 0 Å². The lowest BCUT2D eigenvalue weighted by atomic mass is 10.2. The van der Waals surface area contributed by atoms with Crippen LogP contribution in [0.4, 0.5) is 13.2 Å². The molecule has 142 valence electrons. The standard InChI is InChI=1S/C14H15F3N4O2.CH2O2/c1-20-6-7-22-12(8-20)13-18-9-19-21(13)10-2-4-11(5-3-10)23-14(15,16)17;2-1-3/h2-5,9,12H,6-8H2,1H3;1H,(H,2,3). The van der Waals surface area contributed by atoms with Gasteiger partial charge in [-0.05, 0) is 31.3 Å². The van der Waals surface area contributed by atoms with Gasteiger partial charge in [-0.3, -0.25) is 4.79 Å². The molecule has 1 N–H and O–H groups in total. The van der Waals surface area contributed by atoms with Gasteiger partial charge in [0.15, 0.2) is 5.82 Å². The van der Waals surface area contributed by atoms with Crippen LogP contribution in [0.3, 0.4) is 0 Å². The Morgan fingerprint density at radius 3 is 2.58 bits per heavy atom. The van der Waals surface area contributed by atoms with Gasteiger partial charge in [0.05, 0.1) is 12.3 Å². The molecule has 8 nitrogen and oxygen atoms in total. The smallest absolute Gasteiger partial charge is 0.483 e. The van der Waals surface area contributed by atoms with E-state index in [0.717, 1.165) is 6.54 Å². The Hall–Kier alpha value is -2.66. The number of halogens is 3. The van der Waals surface area contributed by atoms with Crippen LogP contribution in [0.5, 0.6) is 5.75 Å². The third-order valence-electron chi connectivity index (χ3n) is 3.45. The summed E-state index contributed by atoms with van der Waals surface area (Å²) in [7, 11) is 1.99. The molecule has 0 spiro atoms. The van der Waals surface area contributed by atoms with E-state index in [1.165, 1.54) is 30.6 Å². The summed E-state index contributed by atoms with van der Waals surface area (Å²) >= 11 is 0. The normalized spacial score (nSPS) is 17.9. The van der Waals surface area contributed by atoms with Gasteiger partial charge in [-0.25, -0.2) is 9.67 Å². The van der Waals surface area contributed by atoms with Crippen molar-refractivity contribution < 1.29 is 32.5 Å². The number of aromatic nitrogens is 3. The fraction of sp³-hybridized carbons (Fsp3) is 0.400. The lowest BCUT2D eigenvalue weighted by molar-refractivity contribution is -0.274. The van der Waals surface area contributed by atoms with E-state index in [9.17, 15) is 13.2 Å². The summed E-state index contributed by atoms with van der Waals surface area (Å²) in [4.78, 5) is 14.7. The Balaban J connectivity index is 0.000000758. The van der Waals surface area contributed by atoms with Gasteiger partial charge < -0.3 is 19.5 Å². The summed E-state index contributed by atoms with van der Waals surface area (Å²) in [6, 6.07) is 5.46. The van der Waals surface area contributed by atoms with E-state index in [2.05, 4.69) is 19.7 Å². The molecule has 1 aromatic heterocycles. The van der Waals surface area contributed by atoms with Gasteiger partial charge >= 0.3 is 6.36 Å². The molecule has 0 bridgehead atoms. The topological polar surface area (TPSA) is 89.7 Å². The summed E-state index contributed by atoms with van der Waals surface area (Å²) in [6.45, 7) is 1.86. The maximum atomic E-state index is 12.2. The number of hydrogen-bond donors (Lipinski definition) is 1. The second-order valence-corrected chi connectivity index (χ2v) is 5.30. The fourth-order valence-corrected chi connectivity index (χ4v) is 2.39. The molecular weight excluding hydrogens is 357 g/mol. The number of carboxylic acid groups (broad SMARTS) is 1. The molecule has 1 aromatic carbocycles. The molecule has 1 atom stereocenters. The van der Waals surface area contributed by atoms with E-state index in [0.29, 0.717) is 24.7 Å². The van der Waals surface area contributed by atoms with Gasteiger partial charge in [0.1, 0.15) is 18.2 Å². The second-order valence-electron chi connectivity index (χ2n) is 5.30. The molecular formula is C15H17F3N4O4. The van der Waals surface area contributed by atoms with Crippen LogP contribution < -0.4 is 4.74 Å². The van der Waals surface area contributed by atoms with E-state index < -0.39 is 6.36 Å². The number of carbonyl (C=O) groups is 1. The molecule has 11 heteroatoms. The van der Waals surface area contributed by atoms with Crippen LogP contribution in [0.25, 0.3) is 5.69 Å². The van der Waals surface area contributed by atoms with E-state index in [1.54, 1.807) is 4.68 Å². The highest BCUT2D eigenvalue weighted by molar-refractivity contribution is 5.37. The number of morpholine rings is 1. The highest BCUT2D eigenvalue weighted by Crippen LogP contribution is 2.25. The van der Waals surface area contributed by atoms with Crippen molar-refractivity contribution in [1.29, 1.82) is 0 Å². The maximum Gasteiger partial charge on any atom is 0.573 e. The molecule has 2 aromatic rings. The predicted molar refractivity (Wildman–Crippen MR) is 82.9 cm³/mol. The van der Waals surface area contributed by atoms with Crippen molar-refractivity contribution in [3.63, 3.8) is 0 Å². The van der Waals surface area contributed by atoms with Gasteiger partial charge in [-0.15, -0.1) is 13.2 Å². The molecule has 26 heavy (non-hydrogen) atoms. The van der Waals surface area contributed by atoms with Gasteiger partial charge in [0.25, 0.3) is 6.47 Å². The van der Waals surface area contributed by atoms with Crippen LogP contribution in [0.1, 0.15) is 11.9 Å². The number of benzene rings is 1. The Morgan fingerprint density at radius 1 is 1.35 bits per heavy atom. The van der Waals surface area contributed by atoms with Crippen LogP contribution in [-0.4, -0.2) is 64.3 Å². The monoisotopic (exact) mass is 374 g/mol. The lowest BCUT2D eigenvalue weighted by Gasteiger charge is -2.29. The average Bonchev–Trinajstić information content (AvgIpc) is 3.04. The van der Waals surface area contributed by atoms with E-state index >= 15 is 0 Å². The number of likely N-dealkylation sites (N-methyl/N-ethyl adjacent to an activating group) is 1. The van der Waals surface area contributed by atoms with Crippen LogP contribution in [0.15, 0.2) is 30.6 Å². The maximum absolute atomic E-state index is 12.2. The van der Waals surface area contributed by atoms with Crippen LogP contribution >= 0.6 is 0 Å². The first kappa shape index (κ1) is 19.7. The molecule has 0 saturated carbocycles. The Morgan fingerprint density at radius 2 is 2.00 bits per heavy atom. The third kappa shape index (κ3) is 5.43. The predicted octanol–water partition coefficient (Wildman–Crippen LogP) is 1.87. The summed E-state index contributed by atoms with van der Waals surface area (Å²) in [5.74, 6) is 0.331. The molecule has 2 heterocycles. The molecule has 0 radical (unpaired) electrons. The van der Waals surface area contributed by atoms with E-state index in [1.807, 2.05) is 7.05 Å². The van der Waals surface area contributed by atoms with Crippen molar-refractivity contribution in [2.75, 3.05) is 26.7 Å². The number of rotatable bonds is 3. The summed E-state index contributed by atoms with van der Waals surface area (Å²) in [5.41, 5.74) is 0.587. The molecule has 1 unspecified atom stereocenters. The van der Waals surface area contributed by atoms with Gasteiger partial charge in [-0.2, -0.15) is 5.10 Å². The fourth-order valence-electron chi connectivity index (χ4n) is 2.39. The first-order valence-corrected chi connectivity index (χ1v) is 7.48. The minimum absolute atomic E-state index is 0.234. The largest absolute Gasteiger partial charge is 0.573 e. The SMILES string of the molecule is CN1CCOC(c2ncnn2-c2ccc(OC(F)(F)F)cc2)C1.O=CO. The van der Waals surface area contributed by atoms with Crippen molar-refractivity contribution in [2.24, 2.45) is 0 Å². The number of nitrogens with zero attached hydrogens (tertiary/aromatic N) is 4. The molecule has 0 amide bonds. The average molecular weight is 374 g/mol. The number of ether oxygens (including phenoxy) is 2. The second kappa shape index (κ2) is 8.63. The van der Waals surface area contributed by atoms with Crippen LogP contribution in [0.2, 0.25) is 0 Å². The molecule has 3 rings (SSSR count). The molecule has 1 saturated heterocycles. The number of hydrogen-bond acceptors (Lipinski definition) is 6. The zero-order valence-corrected chi connectivity index (χ0v) is 13.8. The van der Waals surface area contributed by atoms with Crippen molar-refractivity contribution in [1.82, 2.24) is 19.7 Å². The molecule has 1 aliphatic heterocycles. The Bertz CT molecular complexity index is 706. The van der Waals surface area contributed by atoms with Crippen molar-refractivity contribution in [3.05, 3.63) is 36.4 Å². The Kier molecular flexibility index (Phi) is 6.52. The van der Waals surface area contributed by atoms with Crippen molar-refractivity contribution in [3.8, 4) is 11.4 Å². The number of alkyl halides is 3. The van der Waals surface area contributed by atoms with Crippen molar-refractivity contribution >= 4 is 6.47 Å². The third-order valence-corrected chi connectivity index (χ3v) is 3.45. The summed E-state index contributed by atoms with van der Waals surface area (Å²) in [6.07, 6.45) is -3.55.